The lowest BCUT2D eigenvalue weighted by molar-refractivity contribution is 0.669. The molecular formula is C40H23NO. The molecule has 194 valence electrons. The van der Waals surface area contributed by atoms with Gasteiger partial charge >= 0.3 is 0 Å². The molecule has 1 aliphatic rings. The Balaban J connectivity index is 1.17. The Bertz CT molecular complexity index is 2530. The number of para-hydroxylation sites is 2. The summed E-state index contributed by atoms with van der Waals surface area (Å²) in [4.78, 5) is 0. The third kappa shape index (κ3) is 2.83. The average molecular weight is 534 g/mol. The highest BCUT2D eigenvalue weighted by Gasteiger charge is 2.22. The van der Waals surface area contributed by atoms with E-state index in [1.165, 1.54) is 66.0 Å². The molecule has 2 aromatic heterocycles. The molecule has 10 rings (SSSR count). The van der Waals surface area contributed by atoms with Crippen molar-refractivity contribution in [3.05, 3.63) is 140 Å². The molecule has 0 radical (unpaired) electrons. The summed E-state index contributed by atoms with van der Waals surface area (Å²) >= 11 is 0. The summed E-state index contributed by atoms with van der Waals surface area (Å²) < 4.78 is 8.65. The Morgan fingerprint density at radius 1 is 0.381 bits per heavy atom. The highest BCUT2D eigenvalue weighted by Crippen LogP contribution is 2.49. The minimum Gasteiger partial charge on any atom is -0.456 e. The summed E-state index contributed by atoms with van der Waals surface area (Å²) in [6, 6.07) is 50.6. The molecule has 0 bridgehead atoms. The molecule has 0 spiro atoms. The summed E-state index contributed by atoms with van der Waals surface area (Å²) in [6.45, 7) is 0. The minimum atomic E-state index is 0.925. The van der Waals surface area contributed by atoms with Crippen molar-refractivity contribution in [3.8, 4) is 39.1 Å². The first-order chi connectivity index (χ1) is 20.8. The fourth-order valence-electron chi connectivity index (χ4n) is 7.32. The molecule has 0 saturated carbocycles. The number of fused-ring (bicyclic) bond motifs is 9. The van der Waals surface area contributed by atoms with Gasteiger partial charge in [-0.3, -0.25) is 0 Å². The van der Waals surface area contributed by atoms with Gasteiger partial charge in [-0.25, -0.2) is 0 Å². The molecule has 0 N–H and O–H groups in total. The van der Waals surface area contributed by atoms with Crippen LogP contribution in [0.15, 0.2) is 144 Å². The lowest BCUT2D eigenvalue weighted by atomic mass is 9.94. The summed E-state index contributed by atoms with van der Waals surface area (Å²) in [5.41, 5.74) is 13.2. The topological polar surface area (TPSA) is 18.1 Å². The van der Waals surface area contributed by atoms with E-state index in [0.717, 1.165) is 27.6 Å². The van der Waals surface area contributed by atoms with Gasteiger partial charge in [-0.1, -0.05) is 103 Å². The van der Waals surface area contributed by atoms with Crippen LogP contribution in [-0.4, -0.2) is 4.57 Å². The van der Waals surface area contributed by atoms with Crippen LogP contribution in [0.25, 0.3) is 93.6 Å². The first kappa shape index (κ1) is 22.1. The summed E-state index contributed by atoms with van der Waals surface area (Å²) in [5.74, 6) is 0. The monoisotopic (exact) mass is 533 g/mol. The first-order valence-electron chi connectivity index (χ1n) is 14.4. The first-order valence-corrected chi connectivity index (χ1v) is 14.4. The molecule has 42 heavy (non-hydrogen) atoms. The van der Waals surface area contributed by atoms with E-state index in [9.17, 15) is 0 Å². The van der Waals surface area contributed by atoms with Crippen molar-refractivity contribution < 1.29 is 4.42 Å². The SMILES string of the molecule is c1ccc2c(c1)-c1cccc3c(-c4ccc(-n5c6ccccc6c6cc7oc8ccccc8c7cc65)cc4)ccc-2c13. The zero-order valence-electron chi connectivity index (χ0n) is 22.6. The van der Waals surface area contributed by atoms with Crippen LogP contribution in [-0.2, 0) is 0 Å². The number of rotatable bonds is 2. The van der Waals surface area contributed by atoms with Crippen LogP contribution < -0.4 is 0 Å². The highest BCUT2D eigenvalue weighted by atomic mass is 16.3. The average Bonchev–Trinajstić information content (AvgIpc) is 3.69. The molecule has 2 heteroatoms. The standard InChI is InChI=1S/C40H23NO/c1-2-9-28-27(8-1)32-13-7-12-31-26(20-21-33(28)40(31)32)24-16-18-25(19-17-24)41-36-14-5-3-10-29(36)34-23-39-35(22-37(34)41)30-11-4-6-15-38(30)42-39/h1-23H. The van der Waals surface area contributed by atoms with E-state index in [0.29, 0.717) is 0 Å². The molecule has 7 aromatic carbocycles. The second-order valence-corrected chi connectivity index (χ2v) is 11.3. The summed E-state index contributed by atoms with van der Waals surface area (Å²) in [7, 11) is 0. The van der Waals surface area contributed by atoms with Crippen molar-refractivity contribution in [2.75, 3.05) is 0 Å². The van der Waals surface area contributed by atoms with Crippen LogP contribution in [0, 0.1) is 0 Å². The number of benzene rings is 7. The van der Waals surface area contributed by atoms with E-state index < -0.39 is 0 Å². The van der Waals surface area contributed by atoms with E-state index >= 15 is 0 Å². The molecule has 9 aromatic rings. The normalized spacial score (nSPS) is 12.3. The van der Waals surface area contributed by atoms with E-state index in [1.54, 1.807) is 0 Å². The van der Waals surface area contributed by atoms with Gasteiger partial charge in [-0.2, -0.15) is 0 Å². The molecule has 1 aliphatic carbocycles. The van der Waals surface area contributed by atoms with Crippen molar-refractivity contribution in [1.82, 2.24) is 4.57 Å². The van der Waals surface area contributed by atoms with Gasteiger partial charge in [0.15, 0.2) is 0 Å². The minimum absolute atomic E-state index is 0.925. The molecule has 0 aliphatic heterocycles. The third-order valence-electron chi connectivity index (χ3n) is 9.16. The van der Waals surface area contributed by atoms with E-state index in [-0.39, 0.29) is 0 Å². The van der Waals surface area contributed by atoms with Gasteiger partial charge in [0.25, 0.3) is 0 Å². The van der Waals surface area contributed by atoms with Gasteiger partial charge in [-0.15, -0.1) is 0 Å². The number of furan rings is 1. The van der Waals surface area contributed by atoms with Crippen LogP contribution in [0.5, 0.6) is 0 Å². The van der Waals surface area contributed by atoms with E-state index in [4.69, 9.17) is 4.42 Å². The molecule has 0 unspecified atom stereocenters. The van der Waals surface area contributed by atoms with Gasteiger partial charge in [0, 0.05) is 27.2 Å². The van der Waals surface area contributed by atoms with Crippen molar-refractivity contribution >= 4 is 54.5 Å². The Labute approximate surface area is 241 Å². The predicted octanol–water partition coefficient (Wildman–Crippen LogP) is 11.2. The molecule has 0 fully saturated rings. The lowest BCUT2D eigenvalue weighted by Gasteiger charge is -2.12. The molecule has 0 atom stereocenters. The van der Waals surface area contributed by atoms with Gasteiger partial charge in [-0.05, 0) is 80.6 Å². The molecule has 0 amide bonds. The smallest absolute Gasteiger partial charge is 0.136 e. The van der Waals surface area contributed by atoms with Crippen molar-refractivity contribution in [1.29, 1.82) is 0 Å². The van der Waals surface area contributed by atoms with E-state index in [2.05, 4.69) is 132 Å². The van der Waals surface area contributed by atoms with Crippen LogP contribution in [0.4, 0.5) is 0 Å². The quantitative estimate of drug-likeness (QED) is 0.216. The van der Waals surface area contributed by atoms with E-state index in [1.807, 2.05) is 12.1 Å². The van der Waals surface area contributed by atoms with Crippen molar-refractivity contribution in [3.63, 3.8) is 0 Å². The zero-order chi connectivity index (χ0) is 27.4. The van der Waals surface area contributed by atoms with Gasteiger partial charge < -0.3 is 8.98 Å². The molecule has 2 nitrogen and oxygen atoms in total. The maximum atomic E-state index is 6.26. The van der Waals surface area contributed by atoms with Crippen LogP contribution >= 0.6 is 0 Å². The van der Waals surface area contributed by atoms with Gasteiger partial charge in [0.2, 0.25) is 0 Å². The number of hydrogen-bond donors (Lipinski definition) is 0. The Morgan fingerprint density at radius 3 is 1.90 bits per heavy atom. The molecular weight excluding hydrogens is 510 g/mol. The fourth-order valence-corrected chi connectivity index (χ4v) is 7.32. The van der Waals surface area contributed by atoms with Crippen LogP contribution in [0.2, 0.25) is 0 Å². The van der Waals surface area contributed by atoms with Crippen molar-refractivity contribution in [2.45, 2.75) is 0 Å². The predicted molar refractivity (Wildman–Crippen MR) is 175 cm³/mol. The number of aromatic nitrogens is 1. The van der Waals surface area contributed by atoms with Crippen molar-refractivity contribution in [2.24, 2.45) is 0 Å². The van der Waals surface area contributed by atoms with Gasteiger partial charge in [0.1, 0.15) is 11.2 Å². The Kier molecular flexibility index (Phi) is 4.21. The number of hydrogen-bond acceptors (Lipinski definition) is 1. The van der Waals surface area contributed by atoms with Gasteiger partial charge in [0.05, 0.1) is 11.0 Å². The second kappa shape index (κ2) is 7.99. The highest BCUT2D eigenvalue weighted by molar-refractivity contribution is 6.19. The second-order valence-electron chi connectivity index (χ2n) is 11.3. The fraction of sp³-hybridized carbons (Fsp3) is 0. The third-order valence-corrected chi connectivity index (χ3v) is 9.16. The summed E-state index contributed by atoms with van der Waals surface area (Å²) in [6.07, 6.45) is 0. The largest absolute Gasteiger partial charge is 0.456 e. The Morgan fingerprint density at radius 2 is 1.05 bits per heavy atom. The maximum Gasteiger partial charge on any atom is 0.136 e. The lowest BCUT2D eigenvalue weighted by Crippen LogP contribution is -1.94. The van der Waals surface area contributed by atoms with Crippen LogP contribution in [0.1, 0.15) is 0 Å². The Hall–Kier alpha value is -5.60. The van der Waals surface area contributed by atoms with Crippen LogP contribution in [0.3, 0.4) is 0 Å². The molecule has 2 heterocycles. The zero-order valence-corrected chi connectivity index (χ0v) is 22.6. The summed E-state index contributed by atoms with van der Waals surface area (Å²) in [5, 5.41) is 7.39. The number of nitrogens with zero attached hydrogens (tertiary/aromatic N) is 1. The maximum absolute atomic E-state index is 6.26. The molecule has 0 saturated heterocycles.